The Kier molecular flexibility index (Phi) is 4.67. The Hall–Kier alpha value is -3.77. The fourth-order valence-corrected chi connectivity index (χ4v) is 6.29. The van der Waals surface area contributed by atoms with Crippen LogP contribution in [0.5, 0.6) is 11.5 Å². The van der Waals surface area contributed by atoms with Gasteiger partial charge >= 0.3 is 0 Å². The fraction of sp³-hybridized carbons (Fsp3) is 0.273. The SMILES string of the molecule is NC1=Nc2[nH]ncc2C(N)N1C1Cc2ccccc2N(S(=O)(=O)c2ccc3c(c2)OCCO3)C1. The van der Waals surface area contributed by atoms with Gasteiger partial charge in [-0.2, -0.15) is 10.1 Å². The van der Waals surface area contributed by atoms with Gasteiger partial charge in [0.15, 0.2) is 23.3 Å². The maximum absolute atomic E-state index is 13.9. The topological polar surface area (TPSA) is 152 Å². The van der Waals surface area contributed by atoms with Gasteiger partial charge in [-0.1, -0.05) is 18.2 Å². The van der Waals surface area contributed by atoms with E-state index in [2.05, 4.69) is 15.2 Å². The molecule has 12 heteroatoms. The van der Waals surface area contributed by atoms with Crippen molar-refractivity contribution < 1.29 is 17.9 Å². The molecule has 0 saturated carbocycles. The van der Waals surface area contributed by atoms with Crippen molar-refractivity contribution in [3.05, 3.63) is 59.8 Å². The van der Waals surface area contributed by atoms with E-state index in [-0.39, 0.29) is 23.4 Å². The molecule has 4 heterocycles. The number of para-hydroxylation sites is 1. The summed E-state index contributed by atoms with van der Waals surface area (Å²) in [6.45, 7) is 0.940. The molecule has 5 N–H and O–H groups in total. The monoisotopic (exact) mass is 481 g/mol. The van der Waals surface area contributed by atoms with E-state index in [1.807, 2.05) is 24.3 Å². The van der Waals surface area contributed by atoms with E-state index in [1.54, 1.807) is 17.2 Å². The molecule has 3 aliphatic rings. The maximum atomic E-state index is 13.9. The van der Waals surface area contributed by atoms with Gasteiger partial charge in [-0.25, -0.2) is 8.42 Å². The van der Waals surface area contributed by atoms with Crippen LogP contribution in [0.1, 0.15) is 17.3 Å². The van der Waals surface area contributed by atoms with Gasteiger partial charge in [-0.15, -0.1) is 0 Å². The molecule has 34 heavy (non-hydrogen) atoms. The predicted octanol–water partition coefficient (Wildman–Crippen LogP) is 1.22. The highest BCUT2D eigenvalue weighted by Crippen LogP contribution is 2.39. The first-order valence-electron chi connectivity index (χ1n) is 10.8. The number of hydrogen-bond acceptors (Lipinski definition) is 9. The number of hydrogen-bond donors (Lipinski definition) is 3. The van der Waals surface area contributed by atoms with Crippen molar-refractivity contribution in [1.82, 2.24) is 15.1 Å². The van der Waals surface area contributed by atoms with Crippen molar-refractivity contribution in [2.75, 3.05) is 24.1 Å². The summed E-state index contributed by atoms with van der Waals surface area (Å²) in [5.41, 5.74) is 15.0. The molecule has 6 rings (SSSR count). The van der Waals surface area contributed by atoms with Crippen molar-refractivity contribution in [2.24, 2.45) is 16.5 Å². The molecule has 0 aliphatic carbocycles. The lowest BCUT2D eigenvalue weighted by Crippen LogP contribution is -2.57. The zero-order chi connectivity index (χ0) is 23.4. The van der Waals surface area contributed by atoms with Crippen LogP contribution in [0.2, 0.25) is 0 Å². The lowest BCUT2D eigenvalue weighted by atomic mass is 9.97. The lowest BCUT2D eigenvalue weighted by molar-refractivity contribution is 0.171. The number of nitrogens with zero attached hydrogens (tertiary/aromatic N) is 4. The molecule has 1 aromatic heterocycles. The van der Waals surface area contributed by atoms with Gasteiger partial charge in [-0.3, -0.25) is 9.40 Å². The Morgan fingerprint density at radius 1 is 1.09 bits per heavy atom. The molecule has 176 valence electrons. The van der Waals surface area contributed by atoms with Crippen LogP contribution >= 0.6 is 0 Å². The predicted molar refractivity (Wildman–Crippen MR) is 125 cm³/mol. The van der Waals surface area contributed by atoms with Gasteiger partial charge in [0.2, 0.25) is 0 Å². The van der Waals surface area contributed by atoms with Gasteiger partial charge in [0.05, 0.1) is 34.9 Å². The molecule has 0 radical (unpaired) electrons. The number of H-pyrrole nitrogens is 1. The Balaban J connectivity index is 1.40. The molecular formula is C22H23N7O4S. The van der Waals surface area contributed by atoms with Crippen LogP contribution in [0.25, 0.3) is 0 Å². The van der Waals surface area contributed by atoms with E-state index in [1.165, 1.54) is 16.4 Å². The average Bonchev–Trinajstić information content (AvgIpc) is 3.32. The number of guanidine groups is 1. The molecule has 0 fully saturated rings. The van der Waals surface area contributed by atoms with E-state index in [9.17, 15) is 8.42 Å². The molecule has 11 nitrogen and oxygen atoms in total. The molecule has 0 bridgehead atoms. The maximum Gasteiger partial charge on any atom is 0.264 e. The van der Waals surface area contributed by atoms with Gasteiger partial charge in [0, 0.05) is 6.07 Å². The minimum Gasteiger partial charge on any atom is -0.486 e. The third-order valence-electron chi connectivity index (χ3n) is 6.34. The minimum absolute atomic E-state index is 0.119. The zero-order valence-electron chi connectivity index (χ0n) is 18.1. The van der Waals surface area contributed by atoms with E-state index in [0.29, 0.717) is 48.2 Å². The number of fused-ring (bicyclic) bond motifs is 3. The summed E-state index contributed by atoms with van der Waals surface area (Å²) in [7, 11) is -3.93. The number of ether oxygens (including phenoxy) is 2. The van der Waals surface area contributed by atoms with E-state index < -0.39 is 16.2 Å². The molecule has 0 saturated heterocycles. The summed E-state index contributed by atoms with van der Waals surface area (Å²) in [6.07, 6.45) is 1.56. The number of sulfonamides is 1. The Morgan fingerprint density at radius 2 is 1.88 bits per heavy atom. The van der Waals surface area contributed by atoms with Crippen molar-refractivity contribution in [3.8, 4) is 11.5 Å². The molecule has 2 unspecified atom stereocenters. The van der Waals surface area contributed by atoms with E-state index >= 15 is 0 Å². The highest BCUT2D eigenvalue weighted by Gasteiger charge is 2.40. The van der Waals surface area contributed by atoms with Gasteiger partial charge in [0.25, 0.3) is 10.0 Å². The zero-order valence-corrected chi connectivity index (χ0v) is 18.9. The molecule has 0 amide bonds. The first kappa shape index (κ1) is 20.8. The van der Waals surface area contributed by atoms with Crippen LogP contribution in [0.4, 0.5) is 11.5 Å². The number of aromatic amines is 1. The van der Waals surface area contributed by atoms with E-state index in [4.69, 9.17) is 20.9 Å². The first-order chi connectivity index (χ1) is 16.4. The average molecular weight is 482 g/mol. The highest BCUT2D eigenvalue weighted by molar-refractivity contribution is 7.92. The molecule has 3 aliphatic heterocycles. The van der Waals surface area contributed by atoms with Crippen molar-refractivity contribution in [2.45, 2.75) is 23.5 Å². The van der Waals surface area contributed by atoms with Gasteiger partial charge in [-0.05, 0) is 30.2 Å². The van der Waals surface area contributed by atoms with Crippen LogP contribution in [0.15, 0.2) is 58.5 Å². The summed E-state index contributed by atoms with van der Waals surface area (Å²) in [6, 6.07) is 11.8. The molecule has 2 aromatic carbocycles. The summed E-state index contributed by atoms with van der Waals surface area (Å²) < 4.78 is 40.3. The van der Waals surface area contributed by atoms with Gasteiger partial charge < -0.3 is 25.8 Å². The van der Waals surface area contributed by atoms with Crippen LogP contribution in [0, 0.1) is 0 Å². The van der Waals surface area contributed by atoms with Crippen molar-refractivity contribution in [1.29, 1.82) is 0 Å². The molecule has 3 aromatic rings. The summed E-state index contributed by atoms with van der Waals surface area (Å²) in [4.78, 5) is 6.27. The lowest BCUT2D eigenvalue weighted by Gasteiger charge is -2.44. The summed E-state index contributed by atoms with van der Waals surface area (Å²) >= 11 is 0. The number of rotatable bonds is 3. The normalized spacial score (nSPS) is 21.5. The smallest absolute Gasteiger partial charge is 0.264 e. The Labute approximate surface area is 196 Å². The molecule has 0 spiro atoms. The van der Waals surface area contributed by atoms with Crippen LogP contribution < -0.4 is 25.2 Å². The largest absolute Gasteiger partial charge is 0.486 e. The highest BCUT2D eigenvalue weighted by atomic mass is 32.2. The molecule has 2 atom stereocenters. The van der Waals surface area contributed by atoms with E-state index in [0.717, 1.165) is 5.56 Å². The van der Waals surface area contributed by atoms with Crippen molar-refractivity contribution in [3.63, 3.8) is 0 Å². The van der Waals surface area contributed by atoms with Crippen molar-refractivity contribution >= 4 is 27.5 Å². The number of anilines is 1. The molecular weight excluding hydrogens is 458 g/mol. The summed E-state index contributed by atoms with van der Waals surface area (Å²) in [5, 5.41) is 6.79. The number of aliphatic imine (C=N–C) groups is 1. The minimum atomic E-state index is -3.93. The second-order valence-electron chi connectivity index (χ2n) is 8.32. The Bertz CT molecular complexity index is 1400. The van der Waals surface area contributed by atoms with Crippen LogP contribution in [0.3, 0.4) is 0 Å². The second kappa shape index (κ2) is 7.64. The third-order valence-corrected chi connectivity index (χ3v) is 8.12. The van der Waals surface area contributed by atoms with Crippen LogP contribution in [-0.2, 0) is 16.4 Å². The first-order valence-corrected chi connectivity index (χ1v) is 12.3. The standard InChI is InChI=1S/C22H23N7O4S/c23-20-16-11-25-27-21(16)26-22(24)29(20)14-9-13-3-1-2-4-17(13)28(12-14)34(30,31)15-5-6-18-19(10-15)33-8-7-32-18/h1-6,10-11,14,20H,7-9,12,23H2,(H3,24,25,26,27). The third kappa shape index (κ3) is 3.17. The fourth-order valence-electron chi connectivity index (χ4n) is 4.73. The summed E-state index contributed by atoms with van der Waals surface area (Å²) in [5.74, 6) is 1.67. The number of nitrogens with two attached hydrogens (primary N) is 2. The Morgan fingerprint density at radius 3 is 2.74 bits per heavy atom. The number of nitrogens with one attached hydrogen (secondary N) is 1. The number of benzene rings is 2. The quantitative estimate of drug-likeness (QED) is 0.505. The second-order valence-corrected chi connectivity index (χ2v) is 10.2. The number of aromatic nitrogens is 2. The van der Waals surface area contributed by atoms with Crippen LogP contribution in [-0.4, -0.2) is 55.3 Å². The van der Waals surface area contributed by atoms with Gasteiger partial charge in [0.1, 0.15) is 19.4 Å².